The van der Waals surface area contributed by atoms with Crippen LogP contribution in [-0.4, -0.2) is 49.5 Å². The maximum absolute atomic E-state index is 11.7. The smallest absolute Gasteiger partial charge is 0.239 e. The largest absolute Gasteiger partial charge is 0.357 e. The minimum Gasteiger partial charge on any atom is -0.357 e. The van der Waals surface area contributed by atoms with E-state index in [1.165, 1.54) is 43.5 Å². The number of carbonyl (C=O) groups is 1. The van der Waals surface area contributed by atoms with Crippen LogP contribution in [-0.2, 0) is 17.9 Å². The van der Waals surface area contributed by atoms with Crippen LogP contribution in [0.5, 0.6) is 0 Å². The Morgan fingerprint density at radius 3 is 2.32 bits per heavy atom. The lowest BCUT2D eigenvalue weighted by molar-refractivity contribution is -0.120. The minimum atomic E-state index is -0.00970. The summed E-state index contributed by atoms with van der Waals surface area (Å²) in [4.78, 5) is 18.8. The molecule has 1 aromatic carbocycles. The van der Waals surface area contributed by atoms with Gasteiger partial charge in [-0.15, -0.1) is 24.0 Å². The summed E-state index contributed by atoms with van der Waals surface area (Å²) in [6.45, 7) is 9.83. The minimum absolute atomic E-state index is 0. The van der Waals surface area contributed by atoms with E-state index in [1.807, 2.05) is 13.8 Å². The molecule has 6 nitrogen and oxygen atoms in total. The van der Waals surface area contributed by atoms with E-state index >= 15 is 0 Å². The Hall–Kier alpha value is -1.35. The number of nitrogens with one attached hydrogen (secondary N) is 3. The summed E-state index contributed by atoms with van der Waals surface area (Å²) in [6.07, 6.45) is 4.95. The Balaban J connectivity index is 0.00000392. The average molecular weight is 501 g/mol. The molecule has 1 saturated heterocycles. The Kier molecular flexibility index (Phi) is 12.9. The van der Waals surface area contributed by atoms with Crippen molar-refractivity contribution in [3.8, 4) is 0 Å². The Bertz CT molecular complexity index is 585. The van der Waals surface area contributed by atoms with Crippen molar-refractivity contribution in [3.63, 3.8) is 0 Å². The van der Waals surface area contributed by atoms with E-state index in [2.05, 4.69) is 50.1 Å². The molecule has 1 aromatic rings. The lowest BCUT2D eigenvalue weighted by Crippen LogP contribution is -2.43. The number of guanidine groups is 1. The summed E-state index contributed by atoms with van der Waals surface area (Å²) in [5.74, 6) is 0.658. The van der Waals surface area contributed by atoms with Crippen molar-refractivity contribution < 1.29 is 4.79 Å². The first-order chi connectivity index (χ1) is 13.2. The van der Waals surface area contributed by atoms with E-state index in [1.54, 1.807) is 0 Å². The van der Waals surface area contributed by atoms with Gasteiger partial charge in [0.15, 0.2) is 5.96 Å². The van der Waals surface area contributed by atoms with Crippen LogP contribution in [0.4, 0.5) is 0 Å². The number of amides is 1. The molecule has 2 rings (SSSR count). The number of likely N-dealkylation sites (tertiary alicyclic amines) is 1. The summed E-state index contributed by atoms with van der Waals surface area (Å²) >= 11 is 0. The number of hydrogen-bond donors (Lipinski definition) is 3. The summed E-state index contributed by atoms with van der Waals surface area (Å²) in [5, 5.41) is 9.12. The highest BCUT2D eigenvalue weighted by Crippen LogP contribution is 2.13. The van der Waals surface area contributed by atoms with E-state index in [-0.39, 0.29) is 36.4 Å². The molecule has 28 heavy (non-hydrogen) atoms. The average Bonchev–Trinajstić information content (AvgIpc) is 2.70. The Morgan fingerprint density at radius 1 is 1.00 bits per heavy atom. The standard InChI is InChI=1S/C21H35N5O.HI/c1-3-12-23-20(27)16-25-21(22-4-2)24-15-18-8-10-19(11-9-18)17-26-13-6-5-7-14-26;/h8-11H,3-7,12-17H2,1-2H3,(H,23,27)(H2,22,24,25);1H. The van der Waals surface area contributed by atoms with Crippen LogP contribution < -0.4 is 16.0 Å². The molecule has 0 bridgehead atoms. The van der Waals surface area contributed by atoms with Gasteiger partial charge < -0.3 is 16.0 Å². The molecule has 0 radical (unpaired) electrons. The van der Waals surface area contributed by atoms with Crippen LogP contribution >= 0.6 is 24.0 Å². The van der Waals surface area contributed by atoms with Crippen LogP contribution in [0.25, 0.3) is 0 Å². The predicted molar refractivity (Wildman–Crippen MR) is 127 cm³/mol. The van der Waals surface area contributed by atoms with Crippen molar-refractivity contribution in [2.75, 3.05) is 32.7 Å². The normalized spacial score (nSPS) is 14.9. The van der Waals surface area contributed by atoms with Gasteiger partial charge in [0.2, 0.25) is 5.91 Å². The number of rotatable bonds is 9. The van der Waals surface area contributed by atoms with Crippen molar-refractivity contribution in [2.45, 2.75) is 52.6 Å². The highest BCUT2D eigenvalue weighted by Gasteiger charge is 2.10. The molecule has 0 atom stereocenters. The van der Waals surface area contributed by atoms with Crippen molar-refractivity contribution in [1.82, 2.24) is 20.9 Å². The maximum atomic E-state index is 11.7. The van der Waals surface area contributed by atoms with Gasteiger partial charge in [0, 0.05) is 19.6 Å². The van der Waals surface area contributed by atoms with Gasteiger partial charge >= 0.3 is 0 Å². The van der Waals surface area contributed by atoms with Gasteiger partial charge in [0.1, 0.15) is 0 Å². The van der Waals surface area contributed by atoms with Crippen molar-refractivity contribution in [1.29, 1.82) is 0 Å². The fourth-order valence-electron chi connectivity index (χ4n) is 3.13. The first kappa shape index (κ1) is 24.7. The lowest BCUT2D eigenvalue weighted by Gasteiger charge is -2.26. The first-order valence-corrected chi connectivity index (χ1v) is 10.3. The fraction of sp³-hybridized carbons (Fsp3) is 0.619. The third-order valence-electron chi connectivity index (χ3n) is 4.63. The third-order valence-corrected chi connectivity index (χ3v) is 4.63. The van der Waals surface area contributed by atoms with Crippen LogP contribution in [0.1, 0.15) is 50.7 Å². The monoisotopic (exact) mass is 501 g/mol. The number of nitrogens with zero attached hydrogens (tertiary/aromatic N) is 2. The number of hydrogen-bond acceptors (Lipinski definition) is 3. The van der Waals surface area contributed by atoms with E-state index in [9.17, 15) is 4.79 Å². The zero-order valence-electron chi connectivity index (χ0n) is 17.3. The third kappa shape index (κ3) is 9.73. The maximum Gasteiger partial charge on any atom is 0.239 e. The van der Waals surface area contributed by atoms with Crippen LogP contribution in [0.15, 0.2) is 29.3 Å². The SMILES string of the molecule is CCCNC(=O)CNC(=NCc1ccc(CN2CCCCC2)cc1)NCC.I. The molecule has 158 valence electrons. The molecule has 1 amide bonds. The molecular weight excluding hydrogens is 465 g/mol. The summed E-state index contributed by atoms with van der Waals surface area (Å²) < 4.78 is 0. The molecule has 1 aliphatic rings. The van der Waals surface area contributed by atoms with Gasteiger partial charge in [-0.2, -0.15) is 0 Å². The zero-order valence-corrected chi connectivity index (χ0v) is 19.6. The molecule has 7 heteroatoms. The number of carbonyl (C=O) groups excluding carboxylic acids is 1. The second kappa shape index (κ2) is 14.6. The predicted octanol–water partition coefficient (Wildman–Crippen LogP) is 2.87. The molecule has 3 N–H and O–H groups in total. The van der Waals surface area contributed by atoms with Crippen molar-refractivity contribution in [2.24, 2.45) is 4.99 Å². The molecule has 0 unspecified atom stereocenters. The van der Waals surface area contributed by atoms with Crippen LogP contribution in [0.3, 0.4) is 0 Å². The van der Waals surface area contributed by atoms with Gasteiger partial charge in [-0.25, -0.2) is 4.99 Å². The van der Waals surface area contributed by atoms with E-state index in [0.717, 1.165) is 19.5 Å². The molecule has 1 heterocycles. The van der Waals surface area contributed by atoms with Crippen molar-refractivity contribution >= 4 is 35.8 Å². The Labute approximate surface area is 187 Å². The summed E-state index contributed by atoms with van der Waals surface area (Å²) in [5.41, 5.74) is 2.53. The molecule has 1 aliphatic heterocycles. The summed E-state index contributed by atoms with van der Waals surface area (Å²) in [7, 11) is 0. The molecule has 0 saturated carbocycles. The fourth-order valence-corrected chi connectivity index (χ4v) is 3.13. The lowest BCUT2D eigenvalue weighted by atomic mass is 10.1. The quantitative estimate of drug-likeness (QED) is 0.277. The highest BCUT2D eigenvalue weighted by molar-refractivity contribution is 14.0. The molecule has 0 aliphatic carbocycles. The zero-order chi connectivity index (χ0) is 19.3. The second-order valence-electron chi connectivity index (χ2n) is 7.05. The summed E-state index contributed by atoms with van der Waals surface area (Å²) in [6, 6.07) is 8.72. The molecule has 0 spiro atoms. The van der Waals surface area contributed by atoms with Gasteiger partial charge in [-0.3, -0.25) is 9.69 Å². The second-order valence-corrected chi connectivity index (χ2v) is 7.05. The number of halogens is 1. The van der Waals surface area contributed by atoms with E-state index < -0.39 is 0 Å². The van der Waals surface area contributed by atoms with Gasteiger partial charge in [-0.1, -0.05) is 37.6 Å². The van der Waals surface area contributed by atoms with Gasteiger partial charge in [0.05, 0.1) is 13.1 Å². The molecule has 0 aromatic heterocycles. The van der Waals surface area contributed by atoms with E-state index in [0.29, 0.717) is 19.0 Å². The van der Waals surface area contributed by atoms with Crippen LogP contribution in [0.2, 0.25) is 0 Å². The Morgan fingerprint density at radius 2 is 1.68 bits per heavy atom. The highest BCUT2D eigenvalue weighted by atomic mass is 127. The van der Waals surface area contributed by atoms with Crippen molar-refractivity contribution in [3.05, 3.63) is 35.4 Å². The molecular formula is C21H36IN5O. The van der Waals surface area contributed by atoms with Gasteiger partial charge in [-0.05, 0) is 50.4 Å². The van der Waals surface area contributed by atoms with Crippen LogP contribution in [0, 0.1) is 0 Å². The topological polar surface area (TPSA) is 68.8 Å². The molecule has 1 fully saturated rings. The van der Waals surface area contributed by atoms with E-state index in [4.69, 9.17) is 0 Å². The number of piperidine rings is 1. The first-order valence-electron chi connectivity index (χ1n) is 10.3. The van der Waals surface area contributed by atoms with Gasteiger partial charge in [0.25, 0.3) is 0 Å². The number of benzene rings is 1. The number of aliphatic imine (C=N–C) groups is 1.